The van der Waals surface area contributed by atoms with Gasteiger partial charge < -0.3 is 10.8 Å². The number of nitrogens with zero attached hydrogens (tertiary/aromatic N) is 1. The Morgan fingerprint density at radius 1 is 1.77 bits per heavy atom. The summed E-state index contributed by atoms with van der Waals surface area (Å²) < 4.78 is 0. The van der Waals surface area contributed by atoms with Gasteiger partial charge in [0.15, 0.2) is 5.78 Å². The van der Waals surface area contributed by atoms with Crippen molar-refractivity contribution in [1.29, 1.82) is 0 Å². The first-order valence-electron chi connectivity index (χ1n) is 3.73. The maximum Gasteiger partial charge on any atom is 0.320 e. The van der Waals surface area contributed by atoms with Gasteiger partial charge in [0.05, 0.1) is 0 Å². The van der Waals surface area contributed by atoms with Crippen LogP contribution in [0.25, 0.3) is 0 Å². The van der Waals surface area contributed by atoms with Crippen molar-refractivity contribution in [3.8, 4) is 0 Å². The number of ketones is 1. The van der Waals surface area contributed by atoms with Gasteiger partial charge in [-0.1, -0.05) is 0 Å². The summed E-state index contributed by atoms with van der Waals surface area (Å²) in [7, 11) is 0. The topological polar surface area (TPSA) is 92.8 Å². The molecule has 0 aliphatic carbocycles. The van der Waals surface area contributed by atoms with Crippen molar-refractivity contribution in [3.05, 3.63) is 12.3 Å². The lowest BCUT2D eigenvalue weighted by Crippen LogP contribution is -2.25. The van der Waals surface area contributed by atoms with Gasteiger partial charge in [-0.15, -0.1) is 0 Å². The molecule has 0 bridgehead atoms. The molecule has 0 spiro atoms. The highest BCUT2D eigenvalue weighted by molar-refractivity contribution is 6.00. The second kappa shape index (κ2) is 6.07. The lowest BCUT2D eigenvalue weighted by Gasteiger charge is -1.90. The molecule has 13 heavy (non-hydrogen) atoms. The van der Waals surface area contributed by atoms with Crippen molar-refractivity contribution in [2.45, 2.75) is 19.4 Å². The number of hydrogen-bond acceptors (Lipinski definition) is 4. The molecule has 1 aliphatic rings. The van der Waals surface area contributed by atoms with Crippen LogP contribution < -0.4 is 5.73 Å². The van der Waals surface area contributed by atoms with Crippen molar-refractivity contribution < 1.29 is 14.7 Å². The van der Waals surface area contributed by atoms with E-state index in [-0.39, 0.29) is 5.78 Å². The van der Waals surface area contributed by atoms with Gasteiger partial charge in [0, 0.05) is 18.8 Å². The summed E-state index contributed by atoms with van der Waals surface area (Å²) in [6.45, 7) is 1.42. The Morgan fingerprint density at radius 2 is 2.31 bits per heavy atom. The summed E-state index contributed by atoms with van der Waals surface area (Å²) >= 11 is 0. The van der Waals surface area contributed by atoms with E-state index in [1.54, 1.807) is 6.21 Å². The Balaban J connectivity index is 0.000000226. The molecule has 0 aromatic carbocycles. The quantitative estimate of drug-likeness (QED) is 0.598. The van der Waals surface area contributed by atoms with Gasteiger partial charge in [0.25, 0.3) is 0 Å². The molecule has 5 heteroatoms. The highest BCUT2D eigenvalue weighted by Gasteiger charge is 1.99. The minimum Gasteiger partial charge on any atom is -0.480 e. The molecule has 1 heterocycles. The number of carbonyl (C=O) groups excluding carboxylic acids is 1. The van der Waals surface area contributed by atoms with Crippen molar-refractivity contribution >= 4 is 18.0 Å². The van der Waals surface area contributed by atoms with Gasteiger partial charge in [0.1, 0.15) is 6.04 Å². The monoisotopic (exact) mass is 184 g/mol. The van der Waals surface area contributed by atoms with E-state index in [9.17, 15) is 9.59 Å². The Morgan fingerprint density at radius 3 is 2.46 bits per heavy atom. The van der Waals surface area contributed by atoms with Crippen LogP contribution in [0, 0.1) is 0 Å². The standard InChI is InChI=1S/C5H5NO.C3H7NO2/c7-5-1-3-6-4-2-5;1-2(4)3(5)6/h1,3-4H,2H2;2H,4H2,1H3,(H,5,6)/t;2-/m.0/s1. The Hall–Kier alpha value is -1.49. The highest BCUT2D eigenvalue weighted by Crippen LogP contribution is 1.88. The number of nitrogens with two attached hydrogens (primary N) is 1. The highest BCUT2D eigenvalue weighted by atomic mass is 16.4. The van der Waals surface area contributed by atoms with Crippen LogP contribution in [0.3, 0.4) is 0 Å². The zero-order valence-electron chi connectivity index (χ0n) is 7.30. The Labute approximate surface area is 76.0 Å². The first-order chi connectivity index (χ1) is 6.04. The van der Waals surface area contributed by atoms with Crippen LogP contribution >= 0.6 is 0 Å². The minimum absolute atomic E-state index is 0.134. The third-order valence-electron chi connectivity index (χ3n) is 1.13. The second-order valence-corrected chi connectivity index (χ2v) is 2.44. The van der Waals surface area contributed by atoms with E-state index in [2.05, 4.69) is 4.99 Å². The van der Waals surface area contributed by atoms with Gasteiger partial charge in [-0.3, -0.25) is 14.6 Å². The maximum absolute atomic E-state index is 10.3. The molecule has 1 rings (SSSR count). The molecule has 72 valence electrons. The predicted molar refractivity (Wildman–Crippen MR) is 48.5 cm³/mol. The third kappa shape index (κ3) is 6.89. The minimum atomic E-state index is -0.963. The van der Waals surface area contributed by atoms with Crippen LogP contribution in [-0.4, -0.2) is 29.1 Å². The van der Waals surface area contributed by atoms with E-state index in [0.29, 0.717) is 6.42 Å². The van der Waals surface area contributed by atoms with E-state index in [0.717, 1.165) is 0 Å². The van der Waals surface area contributed by atoms with Gasteiger partial charge >= 0.3 is 5.97 Å². The molecule has 0 amide bonds. The average molecular weight is 184 g/mol. The van der Waals surface area contributed by atoms with Crippen LogP contribution in [0.4, 0.5) is 0 Å². The fourth-order valence-corrected chi connectivity index (χ4v) is 0.398. The fourth-order valence-electron chi connectivity index (χ4n) is 0.398. The Kier molecular flexibility index (Phi) is 5.38. The molecule has 1 aliphatic heterocycles. The number of allylic oxidation sites excluding steroid dienone is 1. The van der Waals surface area contributed by atoms with Crippen molar-refractivity contribution in [2.24, 2.45) is 10.7 Å². The van der Waals surface area contributed by atoms with Crippen LogP contribution in [0.2, 0.25) is 0 Å². The largest absolute Gasteiger partial charge is 0.480 e. The predicted octanol–water partition coefficient (Wildman–Crippen LogP) is -0.0381. The summed E-state index contributed by atoms with van der Waals surface area (Å²) in [6.07, 6.45) is 5.05. The maximum atomic E-state index is 10.3. The molecular formula is C8H12N2O3. The zero-order valence-corrected chi connectivity index (χ0v) is 7.30. The van der Waals surface area contributed by atoms with Crippen LogP contribution in [0.5, 0.6) is 0 Å². The molecule has 0 saturated carbocycles. The first kappa shape index (κ1) is 11.5. The summed E-state index contributed by atoms with van der Waals surface area (Å²) in [6, 6.07) is -0.731. The average Bonchev–Trinajstić information content (AvgIpc) is 2.06. The molecule has 0 fully saturated rings. The number of rotatable bonds is 1. The first-order valence-corrected chi connectivity index (χ1v) is 3.73. The molecule has 3 N–H and O–H groups in total. The van der Waals surface area contributed by atoms with E-state index in [4.69, 9.17) is 10.8 Å². The summed E-state index contributed by atoms with van der Waals surface area (Å²) in [5.74, 6) is -0.829. The van der Waals surface area contributed by atoms with E-state index in [1.807, 2.05) is 0 Å². The van der Waals surface area contributed by atoms with Crippen molar-refractivity contribution in [2.75, 3.05) is 0 Å². The molecule has 5 nitrogen and oxygen atoms in total. The van der Waals surface area contributed by atoms with E-state index in [1.165, 1.54) is 19.2 Å². The molecule has 0 radical (unpaired) electrons. The summed E-state index contributed by atoms with van der Waals surface area (Å²) in [4.78, 5) is 23.6. The van der Waals surface area contributed by atoms with Crippen molar-refractivity contribution in [3.63, 3.8) is 0 Å². The normalized spacial score (nSPS) is 16.0. The molecule has 0 aromatic rings. The van der Waals surface area contributed by atoms with Crippen LogP contribution in [0.15, 0.2) is 17.3 Å². The van der Waals surface area contributed by atoms with Gasteiger partial charge in [-0.25, -0.2) is 0 Å². The van der Waals surface area contributed by atoms with E-state index < -0.39 is 12.0 Å². The Bertz CT molecular complexity index is 244. The third-order valence-corrected chi connectivity index (χ3v) is 1.13. The second-order valence-electron chi connectivity index (χ2n) is 2.44. The van der Waals surface area contributed by atoms with Crippen LogP contribution in [0.1, 0.15) is 13.3 Å². The SMILES string of the molecule is C[C@H](N)C(=O)O.O=C1C=CN=CC1. The molecule has 0 aromatic heterocycles. The molecule has 0 unspecified atom stereocenters. The van der Waals surface area contributed by atoms with Gasteiger partial charge in [-0.2, -0.15) is 0 Å². The summed E-state index contributed by atoms with van der Waals surface area (Å²) in [5.41, 5.74) is 4.84. The number of hydrogen-bond donors (Lipinski definition) is 2. The lowest BCUT2D eigenvalue weighted by atomic mass is 10.3. The van der Waals surface area contributed by atoms with Crippen LogP contribution in [-0.2, 0) is 9.59 Å². The fraction of sp³-hybridized carbons (Fsp3) is 0.375. The number of carboxylic acid groups (broad SMARTS) is 1. The molecule has 0 saturated heterocycles. The molecular weight excluding hydrogens is 172 g/mol. The van der Waals surface area contributed by atoms with Gasteiger partial charge in [0.2, 0.25) is 0 Å². The number of aliphatic carboxylic acids is 1. The number of carbonyl (C=O) groups is 2. The summed E-state index contributed by atoms with van der Waals surface area (Å²) in [5, 5.41) is 7.87. The molecule has 1 atom stereocenters. The van der Waals surface area contributed by atoms with E-state index >= 15 is 0 Å². The lowest BCUT2D eigenvalue weighted by molar-refractivity contribution is -0.138. The number of aliphatic imine (C=N–C) groups is 1. The number of carboxylic acids is 1. The van der Waals surface area contributed by atoms with Crippen molar-refractivity contribution in [1.82, 2.24) is 0 Å². The van der Waals surface area contributed by atoms with Gasteiger partial charge in [-0.05, 0) is 13.0 Å². The smallest absolute Gasteiger partial charge is 0.320 e. The zero-order chi connectivity index (χ0) is 10.3.